The SMILES string of the molecule is CS(=O)c1ncc(C(F)(F)F)c(Nc2c[nH]c3c(P(C)(C)=O)cccc23)n1. The molecule has 0 spiro atoms. The van der Waals surface area contributed by atoms with E-state index in [0.29, 0.717) is 28.1 Å². The second-order valence-electron chi connectivity index (χ2n) is 6.24. The molecule has 27 heavy (non-hydrogen) atoms. The van der Waals surface area contributed by atoms with Gasteiger partial charge in [0.1, 0.15) is 18.5 Å². The number of anilines is 2. The molecule has 2 heterocycles. The van der Waals surface area contributed by atoms with Gasteiger partial charge in [-0.2, -0.15) is 13.2 Å². The Bertz CT molecular complexity index is 1090. The fourth-order valence-corrected chi connectivity index (χ4v) is 4.21. The number of para-hydroxylation sites is 1. The van der Waals surface area contributed by atoms with Gasteiger partial charge in [0, 0.05) is 29.3 Å². The lowest BCUT2D eigenvalue weighted by Crippen LogP contribution is -2.13. The molecule has 0 saturated heterocycles. The second-order valence-corrected chi connectivity index (χ2v) is 10.7. The maximum atomic E-state index is 13.3. The van der Waals surface area contributed by atoms with Crippen molar-refractivity contribution in [1.29, 1.82) is 0 Å². The van der Waals surface area contributed by atoms with E-state index in [0.717, 1.165) is 0 Å². The zero-order valence-electron chi connectivity index (χ0n) is 14.6. The molecule has 6 nitrogen and oxygen atoms in total. The summed E-state index contributed by atoms with van der Waals surface area (Å²) >= 11 is 0. The van der Waals surface area contributed by atoms with Crippen molar-refractivity contribution in [2.45, 2.75) is 11.3 Å². The maximum Gasteiger partial charge on any atom is 0.421 e. The number of nitrogens with zero attached hydrogens (tertiary/aromatic N) is 2. The molecule has 0 aliphatic rings. The van der Waals surface area contributed by atoms with Crippen LogP contribution in [0.3, 0.4) is 0 Å². The highest BCUT2D eigenvalue weighted by atomic mass is 32.2. The molecule has 3 aromatic rings. The van der Waals surface area contributed by atoms with Crippen molar-refractivity contribution in [2.75, 3.05) is 24.9 Å². The fourth-order valence-electron chi connectivity index (χ4n) is 2.62. The smallest absolute Gasteiger partial charge is 0.359 e. The van der Waals surface area contributed by atoms with E-state index in [1.54, 1.807) is 31.5 Å². The third-order valence-electron chi connectivity index (χ3n) is 3.86. The van der Waals surface area contributed by atoms with E-state index in [4.69, 9.17) is 0 Å². The molecule has 0 fully saturated rings. The van der Waals surface area contributed by atoms with Crippen LogP contribution in [0.25, 0.3) is 10.9 Å². The van der Waals surface area contributed by atoms with Crippen LogP contribution in [0, 0.1) is 0 Å². The third-order valence-corrected chi connectivity index (χ3v) is 6.10. The molecule has 0 aliphatic heterocycles. The molecule has 0 bridgehead atoms. The minimum Gasteiger partial charge on any atom is -0.359 e. The van der Waals surface area contributed by atoms with E-state index < -0.39 is 35.5 Å². The predicted octanol–water partition coefficient (Wildman–Crippen LogP) is 3.71. The van der Waals surface area contributed by atoms with Crippen LogP contribution < -0.4 is 10.6 Å². The summed E-state index contributed by atoms with van der Waals surface area (Å²) in [5.41, 5.74) is -0.161. The average Bonchev–Trinajstić information content (AvgIpc) is 2.95. The van der Waals surface area contributed by atoms with Crippen LogP contribution in [-0.4, -0.2) is 38.7 Å². The van der Waals surface area contributed by atoms with Crippen LogP contribution in [0.4, 0.5) is 24.7 Å². The number of hydrogen-bond donors (Lipinski definition) is 2. The first-order chi connectivity index (χ1) is 12.5. The second kappa shape index (κ2) is 6.76. The monoisotopic (exact) mass is 416 g/mol. The summed E-state index contributed by atoms with van der Waals surface area (Å²) in [5.74, 6) is -0.495. The van der Waals surface area contributed by atoms with Gasteiger partial charge in [-0.3, -0.25) is 4.21 Å². The molecule has 3 rings (SSSR count). The molecular formula is C16H16F3N4O2PS. The molecule has 0 saturated carbocycles. The number of benzene rings is 1. The first-order valence-corrected chi connectivity index (χ1v) is 11.8. The molecular weight excluding hydrogens is 400 g/mol. The van der Waals surface area contributed by atoms with Gasteiger partial charge in [-0.15, -0.1) is 0 Å². The topological polar surface area (TPSA) is 87.7 Å². The fraction of sp³-hybridized carbons (Fsp3) is 0.250. The van der Waals surface area contributed by atoms with Crippen LogP contribution in [0.1, 0.15) is 5.56 Å². The first-order valence-electron chi connectivity index (χ1n) is 7.69. The van der Waals surface area contributed by atoms with Gasteiger partial charge in [-0.05, 0) is 19.4 Å². The van der Waals surface area contributed by atoms with Crippen molar-refractivity contribution in [3.8, 4) is 0 Å². The Morgan fingerprint density at radius 2 is 1.96 bits per heavy atom. The summed E-state index contributed by atoms with van der Waals surface area (Å²) < 4.78 is 63.9. The predicted molar refractivity (Wildman–Crippen MR) is 100 cm³/mol. The summed E-state index contributed by atoms with van der Waals surface area (Å²) in [6, 6.07) is 5.10. The molecule has 2 N–H and O–H groups in total. The number of halogens is 3. The van der Waals surface area contributed by atoms with Crippen LogP contribution in [0.2, 0.25) is 0 Å². The Morgan fingerprint density at radius 1 is 1.26 bits per heavy atom. The number of hydrogen-bond acceptors (Lipinski definition) is 5. The van der Waals surface area contributed by atoms with E-state index >= 15 is 0 Å². The molecule has 0 amide bonds. The minimum absolute atomic E-state index is 0.211. The lowest BCUT2D eigenvalue weighted by Gasteiger charge is -2.13. The Morgan fingerprint density at radius 3 is 2.56 bits per heavy atom. The van der Waals surface area contributed by atoms with Gasteiger partial charge >= 0.3 is 6.18 Å². The zero-order chi connectivity index (χ0) is 20.0. The van der Waals surface area contributed by atoms with E-state index in [1.807, 2.05) is 0 Å². The first kappa shape index (κ1) is 19.6. The maximum absolute atomic E-state index is 13.3. The zero-order valence-corrected chi connectivity index (χ0v) is 16.3. The van der Waals surface area contributed by atoms with Crippen molar-refractivity contribution < 1.29 is 21.9 Å². The van der Waals surface area contributed by atoms with Crippen LogP contribution in [-0.2, 0) is 21.5 Å². The molecule has 2 aromatic heterocycles. The lowest BCUT2D eigenvalue weighted by atomic mass is 10.2. The largest absolute Gasteiger partial charge is 0.421 e. The Hall–Kier alpha value is -2.19. The van der Waals surface area contributed by atoms with Gasteiger partial charge in [0.05, 0.1) is 22.0 Å². The standard InChI is InChI=1S/C16H16F3N4O2PS/c1-26(2,24)12-6-4-5-9-11(8-20-13(9)12)22-14-10(16(17,18)19)7-21-15(23-14)27(3)25/h4-8,20H,1-3H3,(H,21,22,23). The summed E-state index contributed by atoms with van der Waals surface area (Å²) in [7, 11) is -4.23. The quantitative estimate of drug-likeness (QED) is 0.500. The highest BCUT2D eigenvalue weighted by Crippen LogP contribution is 2.40. The molecule has 1 atom stereocenters. The van der Waals surface area contributed by atoms with E-state index in [2.05, 4.69) is 20.3 Å². The molecule has 1 unspecified atom stereocenters. The average molecular weight is 416 g/mol. The number of aromatic amines is 1. The Balaban J connectivity index is 2.14. The Labute approximate surface area is 155 Å². The molecule has 1 aromatic carbocycles. The van der Waals surface area contributed by atoms with Gasteiger partial charge < -0.3 is 14.9 Å². The summed E-state index contributed by atoms with van der Waals surface area (Å²) in [6.07, 6.45) is -1.31. The highest BCUT2D eigenvalue weighted by molar-refractivity contribution is 7.84. The van der Waals surface area contributed by atoms with Crippen molar-refractivity contribution in [2.24, 2.45) is 0 Å². The van der Waals surface area contributed by atoms with Gasteiger partial charge in [0.25, 0.3) is 0 Å². The Kier molecular flexibility index (Phi) is 4.90. The molecule has 0 aliphatic carbocycles. The summed E-state index contributed by atoms with van der Waals surface area (Å²) in [5, 5.41) is 3.61. The third kappa shape index (κ3) is 3.91. The normalized spacial score (nSPS) is 13.7. The summed E-state index contributed by atoms with van der Waals surface area (Å²) in [6.45, 7) is 3.23. The van der Waals surface area contributed by atoms with Gasteiger partial charge in [-0.1, -0.05) is 12.1 Å². The van der Waals surface area contributed by atoms with E-state index in [-0.39, 0.29) is 5.16 Å². The highest BCUT2D eigenvalue weighted by Gasteiger charge is 2.35. The molecule has 0 radical (unpaired) electrons. The van der Waals surface area contributed by atoms with Crippen LogP contribution in [0.15, 0.2) is 35.7 Å². The van der Waals surface area contributed by atoms with Crippen molar-refractivity contribution in [3.63, 3.8) is 0 Å². The number of rotatable bonds is 4. The van der Waals surface area contributed by atoms with Gasteiger partial charge in [-0.25, -0.2) is 9.97 Å². The molecule has 144 valence electrons. The van der Waals surface area contributed by atoms with E-state index in [1.165, 1.54) is 12.5 Å². The van der Waals surface area contributed by atoms with Crippen molar-refractivity contribution in [3.05, 3.63) is 36.2 Å². The van der Waals surface area contributed by atoms with Gasteiger partial charge in [0.2, 0.25) is 5.16 Å². The number of fused-ring (bicyclic) bond motifs is 1. The molecule has 11 heteroatoms. The number of alkyl halides is 3. The summed E-state index contributed by atoms with van der Waals surface area (Å²) in [4.78, 5) is 10.3. The van der Waals surface area contributed by atoms with Crippen LogP contribution in [0.5, 0.6) is 0 Å². The minimum atomic E-state index is -4.68. The van der Waals surface area contributed by atoms with Gasteiger partial charge in [0.15, 0.2) is 0 Å². The van der Waals surface area contributed by atoms with E-state index in [9.17, 15) is 21.9 Å². The van der Waals surface area contributed by atoms with Crippen molar-refractivity contribution in [1.82, 2.24) is 15.0 Å². The number of nitrogens with one attached hydrogen (secondary N) is 2. The van der Waals surface area contributed by atoms with Crippen LogP contribution >= 0.6 is 7.14 Å². The van der Waals surface area contributed by atoms with Crippen molar-refractivity contribution >= 4 is 45.7 Å². The lowest BCUT2D eigenvalue weighted by molar-refractivity contribution is -0.137. The number of aromatic nitrogens is 3. The number of H-pyrrole nitrogens is 1.